The zero-order valence-electron chi connectivity index (χ0n) is 10.9. The molecule has 2 aliphatic rings. The molecule has 2 heterocycles. The molecule has 0 radical (unpaired) electrons. The summed E-state index contributed by atoms with van der Waals surface area (Å²) in [5.41, 5.74) is -0.409. The highest BCUT2D eigenvalue weighted by molar-refractivity contribution is 5.68. The van der Waals surface area contributed by atoms with Crippen LogP contribution in [0.3, 0.4) is 0 Å². The van der Waals surface area contributed by atoms with Gasteiger partial charge in [-0.05, 0) is 13.8 Å². The van der Waals surface area contributed by atoms with Crippen LogP contribution in [-0.4, -0.2) is 61.8 Å². The van der Waals surface area contributed by atoms with Crippen molar-refractivity contribution in [3.05, 3.63) is 0 Å². The Kier molecular flexibility index (Phi) is 4.07. The van der Waals surface area contributed by atoms with E-state index in [0.717, 1.165) is 0 Å². The van der Waals surface area contributed by atoms with Gasteiger partial charge >= 0.3 is 6.09 Å². The lowest BCUT2D eigenvalue weighted by molar-refractivity contribution is -0.141. The molecular weight excluding hydrogens is 241 g/mol. The number of morpholine rings is 1. The van der Waals surface area contributed by atoms with Gasteiger partial charge in [-0.15, -0.1) is 0 Å². The zero-order chi connectivity index (χ0) is 13.2. The van der Waals surface area contributed by atoms with Crippen molar-refractivity contribution in [2.24, 2.45) is 0 Å². The molecule has 0 spiro atoms. The molecule has 2 atom stereocenters. The first-order chi connectivity index (χ1) is 8.53. The predicted octanol–water partition coefficient (Wildman–Crippen LogP) is 1.36. The van der Waals surface area contributed by atoms with Gasteiger partial charge in [-0.1, -0.05) is 0 Å². The maximum absolute atomic E-state index is 12.0. The van der Waals surface area contributed by atoms with Crippen LogP contribution in [0, 0.1) is 0 Å². The first-order valence-electron chi connectivity index (χ1n) is 6.28. The van der Waals surface area contributed by atoms with Crippen LogP contribution in [0.2, 0.25) is 0 Å². The lowest BCUT2D eigenvalue weighted by Crippen LogP contribution is -2.60. The van der Waals surface area contributed by atoms with E-state index in [1.807, 2.05) is 13.8 Å². The van der Waals surface area contributed by atoms with E-state index in [-0.39, 0.29) is 25.2 Å². The van der Waals surface area contributed by atoms with Gasteiger partial charge in [0.2, 0.25) is 0 Å². The van der Waals surface area contributed by atoms with Gasteiger partial charge < -0.3 is 14.2 Å². The summed E-state index contributed by atoms with van der Waals surface area (Å²) in [6, 6.07) is -0.0871. The minimum atomic E-state index is -0.475. The molecule has 2 fully saturated rings. The molecule has 6 heteroatoms. The molecule has 2 rings (SSSR count). The number of hydrogen-bond donors (Lipinski definition) is 0. The minimum absolute atomic E-state index is 0.0871. The number of carbonyl (C=O) groups is 1. The largest absolute Gasteiger partial charge is 0.449 e. The van der Waals surface area contributed by atoms with E-state index in [1.165, 1.54) is 0 Å². The Morgan fingerprint density at radius 3 is 3.00 bits per heavy atom. The van der Waals surface area contributed by atoms with Crippen molar-refractivity contribution in [3.63, 3.8) is 0 Å². The second-order valence-corrected chi connectivity index (χ2v) is 5.31. The molecule has 0 N–H and O–H groups in total. The molecular formula is C12H20FNO4. The predicted molar refractivity (Wildman–Crippen MR) is 62.2 cm³/mol. The second-order valence-electron chi connectivity index (χ2n) is 5.31. The number of hydrogen-bond acceptors (Lipinski definition) is 4. The maximum Gasteiger partial charge on any atom is 0.410 e. The zero-order valence-corrected chi connectivity index (χ0v) is 10.9. The molecule has 0 aromatic rings. The summed E-state index contributed by atoms with van der Waals surface area (Å²) < 4.78 is 28.3. The summed E-state index contributed by atoms with van der Waals surface area (Å²) in [6.07, 6.45) is -0.257. The molecule has 1 amide bonds. The van der Waals surface area contributed by atoms with Crippen LogP contribution >= 0.6 is 0 Å². The van der Waals surface area contributed by atoms with E-state index in [4.69, 9.17) is 14.2 Å². The topological polar surface area (TPSA) is 48.0 Å². The lowest BCUT2D eigenvalue weighted by atomic mass is 10.0. The fraction of sp³-hybridized carbons (Fsp3) is 0.917. The molecule has 2 saturated heterocycles. The summed E-state index contributed by atoms with van der Waals surface area (Å²) in [4.78, 5) is 13.6. The van der Waals surface area contributed by atoms with Gasteiger partial charge in [0.05, 0.1) is 44.7 Å². The number of fused-ring (bicyclic) bond motifs is 1. The molecule has 0 aromatic carbocycles. The Bertz CT molecular complexity index is 310. The van der Waals surface area contributed by atoms with Gasteiger partial charge in [0.25, 0.3) is 0 Å². The molecule has 18 heavy (non-hydrogen) atoms. The van der Waals surface area contributed by atoms with Crippen molar-refractivity contribution in [2.45, 2.75) is 38.0 Å². The Labute approximate surface area is 106 Å². The van der Waals surface area contributed by atoms with Crippen LogP contribution in [0.25, 0.3) is 0 Å². The van der Waals surface area contributed by atoms with E-state index in [0.29, 0.717) is 19.8 Å². The fourth-order valence-corrected chi connectivity index (χ4v) is 2.40. The summed E-state index contributed by atoms with van der Waals surface area (Å²) in [6.45, 7) is 4.95. The van der Waals surface area contributed by atoms with Crippen LogP contribution in [0.5, 0.6) is 0 Å². The first kappa shape index (κ1) is 13.5. The third-order valence-electron chi connectivity index (χ3n) is 3.16. The smallest absolute Gasteiger partial charge is 0.410 e. The number of alkyl halides is 1. The molecule has 0 aliphatic carbocycles. The highest BCUT2D eigenvalue weighted by Gasteiger charge is 2.46. The number of rotatable bonds is 3. The number of nitrogens with zero attached hydrogens (tertiary/aromatic N) is 1. The molecule has 0 bridgehead atoms. The summed E-state index contributed by atoms with van der Waals surface area (Å²) in [7, 11) is 0. The average Bonchev–Trinajstić information content (AvgIpc) is 2.74. The van der Waals surface area contributed by atoms with Crippen LogP contribution in [-0.2, 0) is 14.2 Å². The van der Waals surface area contributed by atoms with Gasteiger partial charge in [-0.3, -0.25) is 9.29 Å². The third kappa shape index (κ3) is 2.92. The average molecular weight is 261 g/mol. The fourth-order valence-electron chi connectivity index (χ4n) is 2.40. The van der Waals surface area contributed by atoms with Gasteiger partial charge in [-0.2, -0.15) is 0 Å². The monoisotopic (exact) mass is 261 g/mol. The van der Waals surface area contributed by atoms with Gasteiger partial charge in [0, 0.05) is 6.42 Å². The quantitative estimate of drug-likeness (QED) is 0.720. The normalized spacial score (nSPS) is 30.1. The van der Waals surface area contributed by atoms with E-state index in [2.05, 4.69) is 0 Å². The highest BCUT2D eigenvalue weighted by atomic mass is 19.1. The maximum atomic E-state index is 12.0. The summed E-state index contributed by atoms with van der Waals surface area (Å²) in [5.74, 6) is 0. The molecule has 5 nitrogen and oxygen atoms in total. The van der Waals surface area contributed by atoms with Crippen LogP contribution < -0.4 is 0 Å². The van der Waals surface area contributed by atoms with Crippen LogP contribution in [0.4, 0.5) is 9.18 Å². The molecule has 2 aliphatic heterocycles. The SMILES string of the molecule is CC1(C)CN(C(=O)OCCCF)[C@@H]2COC[C@H]2O1. The van der Waals surface area contributed by atoms with Crippen molar-refractivity contribution < 1.29 is 23.4 Å². The first-order valence-corrected chi connectivity index (χ1v) is 6.28. The number of carbonyl (C=O) groups excluding carboxylic acids is 1. The van der Waals surface area contributed by atoms with Gasteiger partial charge in [0.15, 0.2) is 0 Å². The Balaban J connectivity index is 1.98. The Morgan fingerprint density at radius 2 is 2.28 bits per heavy atom. The molecule has 0 saturated carbocycles. The van der Waals surface area contributed by atoms with Crippen molar-refractivity contribution in [2.75, 3.05) is 33.0 Å². The summed E-state index contributed by atoms with van der Waals surface area (Å²) in [5, 5.41) is 0. The molecule has 104 valence electrons. The van der Waals surface area contributed by atoms with E-state index >= 15 is 0 Å². The van der Waals surface area contributed by atoms with Crippen molar-refractivity contribution in [1.29, 1.82) is 0 Å². The van der Waals surface area contributed by atoms with Crippen molar-refractivity contribution >= 4 is 6.09 Å². The Hall–Kier alpha value is -0.880. The van der Waals surface area contributed by atoms with Gasteiger partial charge in [-0.25, -0.2) is 4.79 Å². The van der Waals surface area contributed by atoms with Crippen molar-refractivity contribution in [3.8, 4) is 0 Å². The Morgan fingerprint density at radius 1 is 1.50 bits per heavy atom. The van der Waals surface area contributed by atoms with E-state index in [1.54, 1.807) is 4.90 Å². The molecule has 0 unspecified atom stereocenters. The standard InChI is InChI=1S/C12H20FNO4/c1-12(2)8-14(11(15)17-5-3-4-13)9-6-16-7-10(9)18-12/h9-10H,3-8H2,1-2H3/t9-,10-/m1/s1. The van der Waals surface area contributed by atoms with E-state index < -0.39 is 18.4 Å². The molecule has 0 aromatic heterocycles. The number of halogens is 1. The lowest BCUT2D eigenvalue weighted by Gasteiger charge is -2.44. The minimum Gasteiger partial charge on any atom is -0.449 e. The van der Waals surface area contributed by atoms with Crippen LogP contribution in [0.1, 0.15) is 20.3 Å². The summed E-state index contributed by atoms with van der Waals surface area (Å²) >= 11 is 0. The number of ether oxygens (including phenoxy) is 3. The van der Waals surface area contributed by atoms with Crippen LogP contribution in [0.15, 0.2) is 0 Å². The number of amides is 1. The van der Waals surface area contributed by atoms with Crippen molar-refractivity contribution in [1.82, 2.24) is 4.90 Å². The van der Waals surface area contributed by atoms with Gasteiger partial charge in [0.1, 0.15) is 6.10 Å². The van der Waals surface area contributed by atoms with E-state index in [9.17, 15) is 9.18 Å². The third-order valence-corrected chi connectivity index (χ3v) is 3.16. The highest BCUT2D eigenvalue weighted by Crippen LogP contribution is 2.29. The second kappa shape index (κ2) is 5.40.